The quantitative estimate of drug-likeness (QED) is 0.813. The molecule has 1 atom stereocenters. The molecule has 0 saturated heterocycles. The zero-order valence-electron chi connectivity index (χ0n) is 8.29. The molecule has 0 bridgehead atoms. The molecule has 1 rings (SSSR count). The molecule has 1 aromatic heterocycles. The van der Waals surface area contributed by atoms with Crippen LogP contribution in [0.4, 0.5) is 0 Å². The van der Waals surface area contributed by atoms with Crippen molar-refractivity contribution in [1.29, 1.82) is 0 Å². The van der Waals surface area contributed by atoms with Crippen LogP contribution in [0, 0.1) is 12.8 Å². The maximum Gasteiger partial charge on any atom is 0.0815 e. The Morgan fingerprint density at radius 2 is 2.23 bits per heavy atom. The molecule has 0 aromatic carbocycles. The molecule has 1 unspecified atom stereocenters. The van der Waals surface area contributed by atoms with E-state index < -0.39 is 0 Å². The van der Waals surface area contributed by atoms with Crippen LogP contribution >= 0.6 is 11.6 Å². The van der Waals surface area contributed by atoms with Crippen molar-refractivity contribution < 1.29 is 0 Å². The second-order valence-corrected chi connectivity index (χ2v) is 4.00. The molecular weight excluding hydrogens is 186 g/mol. The largest absolute Gasteiger partial charge is 0.328 e. The standard InChI is InChI=1S/C9H16ClN3/c1-6(2)9(4-11)13-5-8(10)7(3)12-13/h5-6,9H,4,11H2,1-3H3. The summed E-state index contributed by atoms with van der Waals surface area (Å²) in [4.78, 5) is 0. The van der Waals surface area contributed by atoms with Crippen molar-refractivity contribution in [3.63, 3.8) is 0 Å². The molecule has 0 aliphatic heterocycles. The summed E-state index contributed by atoms with van der Waals surface area (Å²) in [7, 11) is 0. The van der Waals surface area contributed by atoms with Gasteiger partial charge in [0.2, 0.25) is 0 Å². The molecule has 0 saturated carbocycles. The Labute approximate surface area is 83.9 Å². The van der Waals surface area contributed by atoms with Gasteiger partial charge < -0.3 is 5.73 Å². The number of aryl methyl sites for hydroxylation is 1. The summed E-state index contributed by atoms with van der Waals surface area (Å²) in [5.41, 5.74) is 6.52. The molecule has 0 spiro atoms. The highest BCUT2D eigenvalue weighted by molar-refractivity contribution is 6.31. The molecule has 0 amide bonds. The molecule has 1 aromatic rings. The SMILES string of the molecule is Cc1nn(C(CN)C(C)C)cc1Cl. The van der Waals surface area contributed by atoms with Gasteiger partial charge >= 0.3 is 0 Å². The summed E-state index contributed by atoms with van der Waals surface area (Å²) in [6.45, 7) is 6.74. The van der Waals surface area contributed by atoms with Gasteiger partial charge in [-0.3, -0.25) is 4.68 Å². The van der Waals surface area contributed by atoms with E-state index in [4.69, 9.17) is 17.3 Å². The van der Waals surface area contributed by atoms with E-state index in [0.29, 0.717) is 17.5 Å². The van der Waals surface area contributed by atoms with Gasteiger partial charge in [0.05, 0.1) is 16.8 Å². The minimum absolute atomic E-state index is 0.242. The summed E-state index contributed by atoms with van der Waals surface area (Å²) < 4.78 is 1.86. The first-order chi connectivity index (χ1) is 6.06. The number of nitrogens with zero attached hydrogens (tertiary/aromatic N) is 2. The zero-order chi connectivity index (χ0) is 10.0. The van der Waals surface area contributed by atoms with Crippen LogP contribution in [0.15, 0.2) is 6.20 Å². The summed E-state index contributed by atoms with van der Waals surface area (Å²) in [5.74, 6) is 0.473. The Morgan fingerprint density at radius 1 is 1.62 bits per heavy atom. The van der Waals surface area contributed by atoms with Crippen LogP contribution in [0.3, 0.4) is 0 Å². The normalized spacial score (nSPS) is 13.7. The lowest BCUT2D eigenvalue weighted by atomic mass is 10.1. The molecule has 13 heavy (non-hydrogen) atoms. The van der Waals surface area contributed by atoms with E-state index in [1.165, 1.54) is 0 Å². The Bertz CT molecular complexity index is 261. The number of aromatic nitrogens is 2. The van der Waals surface area contributed by atoms with Gasteiger partial charge in [0.1, 0.15) is 0 Å². The van der Waals surface area contributed by atoms with Crippen molar-refractivity contribution >= 4 is 11.6 Å². The topological polar surface area (TPSA) is 43.8 Å². The summed E-state index contributed by atoms with van der Waals surface area (Å²) in [6.07, 6.45) is 1.84. The molecule has 3 nitrogen and oxygen atoms in total. The predicted octanol–water partition coefficient (Wildman–Crippen LogP) is 2.00. The summed E-state index contributed by atoms with van der Waals surface area (Å²) >= 11 is 5.91. The van der Waals surface area contributed by atoms with E-state index in [0.717, 1.165) is 5.69 Å². The second kappa shape index (κ2) is 4.11. The fraction of sp³-hybridized carbons (Fsp3) is 0.667. The number of nitrogens with two attached hydrogens (primary N) is 1. The molecule has 1 heterocycles. The lowest BCUT2D eigenvalue weighted by Gasteiger charge is -2.18. The van der Waals surface area contributed by atoms with E-state index >= 15 is 0 Å². The van der Waals surface area contributed by atoms with E-state index in [-0.39, 0.29) is 6.04 Å². The molecular formula is C9H16ClN3. The first-order valence-electron chi connectivity index (χ1n) is 4.47. The average Bonchev–Trinajstić information content (AvgIpc) is 2.32. The van der Waals surface area contributed by atoms with Crippen LogP contribution in [-0.2, 0) is 0 Å². The molecule has 0 fully saturated rings. The average molecular weight is 202 g/mol. The van der Waals surface area contributed by atoms with E-state index in [1.807, 2.05) is 17.8 Å². The second-order valence-electron chi connectivity index (χ2n) is 3.59. The number of rotatable bonds is 3. The maximum atomic E-state index is 5.91. The van der Waals surface area contributed by atoms with Gasteiger partial charge in [-0.25, -0.2) is 0 Å². The minimum Gasteiger partial charge on any atom is -0.328 e. The van der Waals surface area contributed by atoms with E-state index in [9.17, 15) is 0 Å². The molecule has 0 aliphatic rings. The first kappa shape index (κ1) is 10.5. The van der Waals surface area contributed by atoms with Gasteiger partial charge in [0.25, 0.3) is 0 Å². The molecule has 4 heteroatoms. The van der Waals surface area contributed by atoms with Crippen LogP contribution in [0.1, 0.15) is 25.6 Å². The van der Waals surface area contributed by atoms with Crippen molar-refractivity contribution in [3.8, 4) is 0 Å². The predicted molar refractivity (Wildman–Crippen MR) is 54.9 cm³/mol. The molecule has 74 valence electrons. The fourth-order valence-corrected chi connectivity index (χ4v) is 1.45. The molecule has 0 radical (unpaired) electrons. The maximum absolute atomic E-state index is 5.91. The van der Waals surface area contributed by atoms with Crippen LogP contribution in [0.2, 0.25) is 5.02 Å². The Morgan fingerprint density at radius 3 is 2.54 bits per heavy atom. The number of hydrogen-bond acceptors (Lipinski definition) is 2. The highest BCUT2D eigenvalue weighted by atomic mass is 35.5. The van der Waals surface area contributed by atoms with Crippen molar-refractivity contribution in [2.75, 3.05) is 6.54 Å². The third-order valence-electron chi connectivity index (χ3n) is 2.21. The highest BCUT2D eigenvalue weighted by Crippen LogP contribution is 2.20. The monoisotopic (exact) mass is 201 g/mol. The Hall–Kier alpha value is -0.540. The van der Waals surface area contributed by atoms with Crippen molar-refractivity contribution in [2.45, 2.75) is 26.8 Å². The lowest BCUT2D eigenvalue weighted by Crippen LogP contribution is -2.24. The Kier molecular flexibility index (Phi) is 3.33. The van der Waals surface area contributed by atoms with Gasteiger partial charge in [0.15, 0.2) is 0 Å². The van der Waals surface area contributed by atoms with Crippen LogP contribution < -0.4 is 5.73 Å². The van der Waals surface area contributed by atoms with Gasteiger partial charge in [-0.1, -0.05) is 25.4 Å². The van der Waals surface area contributed by atoms with Gasteiger partial charge in [-0.2, -0.15) is 5.10 Å². The third-order valence-corrected chi connectivity index (χ3v) is 2.58. The smallest absolute Gasteiger partial charge is 0.0815 e. The van der Waals surface area contributed by atoms with Crippen LogP contribution in [-0.4, -0.2) is 16.3 Å². The van der Waals surface area contributed by atoms with Gasteiger partial charge in [-0.05, 0) is 12.8 Å². The van der Waals surface area contributed by atoms with Crippen molar-refractivity contribution in [3.05, 3.63) is 16.9 Å². The van der Waals surface area contributed by atoms with E-state index in [1.54, 1.807) is 0 Å². The van der Waals surface area contributed by atoms with Crippen LogP contribution in [0.25, 0.3) is 0 Å². The molecule has 0 aliphatic carbocycles. The van der Waals surface area contributed by atoms with Crippen molar-refractivity contribution in [2.24, 2.45) is 11.7 Å². The first-order valence-corrected chi connectivity index (χ1v) is 4.85. The summed E-state index contributed by atoms with van der Waals surface area (Å²) in [6, 6.07) is 0.242. The van der Waals surface area contributed by atoms with Gasteiger partial charge in [0, 0.05) is 12.7 Å². The van der Waals surface area contributed by atoms with E-state index in [2.05, 4.69) is 18.9 Å². The Balaban J connectivity index is 2.92. The zero-order valence-corrected chi connectivity index (χ0v) is 9.04. The molecule has 2 N–H and O–H groups in total. The number of hydrogen-bond donors (Lipinski definition) is 1. The highest BCUT2D eigenvalue weighted by Gasteiger charge is 2.15. The third kappa shape index (κ3) is 2.23. The number of halogens is 1. The van der Waals surface area contributed by atoms with Crippen molar-refractivity contribution in [1.82, 2.24) is 9.78 Å². The van der Waals surface area contributed by atoms with Crippen LogP contribution in [0.5, 0.6) is 0 Å². The summed E-state index contributed by atoms with van der Waals surface area (Å²) in [5, 5.41) is 5.01. The lowest BCUT2D eigenvalue weighted by molar-refractivity contribution is 0.353. The minimum atomic E-state index is 0.242. The fourth-order valence-electron chi connectivity index (χ4n) is 1.31. The van der Waals surface area contributed by atoms with Gasteiger partial charge in [-0.15, -0.1) is 0 Å².